The van der Waals surface area contributed by atoms with E-state index in [1.807, 2.05) is 0 Å². The zero-order chi connectivity index (χ0) is 15.3. The van der Waals surface area contributed by atoms with Crippen LogP contribution >= 0.6 is 0 Å². The molecule has 0 saturated carbocycles. The summed E-state index contributed by atoms with van der Waals surface area (Å²) < 4.78 is 31.7. The average Bonchev–Trinajstić information content (AvgIpc) is 2.37. The van der Waals surface area contributed by atoms with Crippen molar-refractivity contribution >= 4 is 11.9 Å². The predicted molar refractivity (Wildman–Crippen MR) is 66.7 cm³/mol. The number of benzene rings is 1. The van der Waals surface area contributed by atoms with Crippen molar-refractivity contribution in [2.45, 2.75) is 13.3 Å². The highest BCUT2D eigenvalue weighted by Crippen LogP contribution is 2.25. The van der Waals surface area contributed by atoms with Gasteiger partial charge in [-0.15, -0.1) is 0 Å². The lowest BCUT2D eigenvalue weighted by atomic mass is 10.1. The van der Waals surface area contributed by atoms with Crippen molar-refractivity contribution in [3.63, 3.8) is 0 Å². The number of nitrogens with one attached hydrogen (secondary N) is 1. The summed E-state index contributed by atoms with van der Waals surface area (Å²) in [7, 11) is 1.13. The van der Waals surface area contributed by atoms with Gasteiger partial charge in [-0.05, 0) is 18.1 Å². The van der Waals surface area contributed by atoms with Crippen LogP contribution < -0.4 is 10.1 Å². The fourth-order valence-electron chi connectivity index (χ4n) is 1.67. The Kier molecular flexibility index (Phi) is 5.42. The van der Waals surface area contributed by atoms with Gasteiger partial charge in [0.05, 0.1) is 7.11 Å². The van der Waals surface area contributed by atoms with Crippen molar-refractivity contribution in [2.24, 2.45) is 5.92 Å². The summed E-state index contributed by atoms with van der Waals surface area (Å²) in [5.74, 6) is -4.42. The summed E-state index contributed by atoms with van der Waals surface area (Å²) in [6, 6.07) is 1.69. The van der Waals surface area contributed by atoms with Crippen LogP contribution in [0, 0.1) is 17.6 Å². The molecular formula is C13H15F2NO4. The summed E-state index contributed by atoms with van der Waals surface area (Å²) in [5, 5.41) is 10.9. The van der Waals surface area contributed by atoms with Crippen molar-refractivity contribution < 1.29 is 28.2 Å². The molecule has 0 radical (unpaired) electrons. The lowest BCUT2D eigenvalue weighted by Gasteiger charge is -2.13. The second-order valence-corrected chi connectivity index (χ2v) is 4.35. The quantitative estimate of drug-likeness (QED) is 0.836. The van der Waals surface area contributed by atoms with E-state index in [0.29, 0.717) is 0 Å². The fourth-order valence-corrected chi connectivity index (χ4v) is 1.67. The van der Waals surface area contributed by atoms with Gasteiger partial charge in [0.15, 0.2) is 11.6 Å². The summed E-state index contributed by atoms with van der Waals surface area (Å²) in [4.78, 5) is 22.3. The monoisotopic (exact) mass is 287 g/mol. The highest BCUT2D eigenvalue weighted by molar-refractivity contribution is 5.97. The highest BCUT2D eigenvalue weighted by Gasteiger charge is 2.21. The molecule has 0 aliphatic heterocycles. The van der Waals surface area contributed by atoms with Crippen molar-refractivity contribution in [1.82, 2.24) is 5.32 Å². The predicted octanol–water partition coefficient (Wildman–Crippen LogP) is 1.81. The van der Waals surface area contributed by atoms with Crippen LogP contribution in [0.3, 0.4) is 0 Å². The minimum Gasteiger partial charge on any atom is -0.493 e. The Hall–Kier alpha value is -2.18. The number of rotatable bonds is 6. The number of ether oxygens (including phenoxy) is 1. The Bertz CT molecular complexity index is 519. The Balaban J connectivity index is 2.83. The van der Waals surface area contributed by atoms with Gasteiger partial charge in [-0.25, -0.2) is 8.78 Å². The molecule has 7 heteroatoms. The molecule has 0 aliphatic rings. The molecule has 1 aromatic rings. The molecule has 0 aliphatic carbocycles. The Morgan fingerprint density at radius 3 is 2.50 bits per heavy atom. The third-order valence-corrected chi connectivity index (χ3v) is 2.62. The number of carbonyl (C=O) groups excluding carboxylic acids is 1. The Morgan fingerprint density at radius 1 is 1.35 bits per heavy atom. The van der Waals surface area contributed by atoms with Gasteiger partial charge < -0.3 is 15.2 Å². The van der Waals surface area contributed by atoms with E-state index in [1.165, 1.54) is 0 Å². The summed E-state index contributed by atoms with van der Waals surface area (Å²) in [5.41, 5.74) is -0.532. The number of aliphatic carboxylic acids is 1. The third kappa shape index (κ3) is 3.91. The number of hydrogen-bond acceptors (Lipinski definition) is 3. The van der Waals surface area contributed by atoms with Gasteiger partial charge in [-0.2, -0.15) is 0 Å². The van der Waals surface area contributed by atoms with E-state index >= 15 is 0 Å². The highest BCUT2D eigenvalue weighted by atomic mass is 19.1. The van der Waals surface area contributed by atoms with Gasteiger partial charge in [-0.3, -0.25) is 9.59 Å². The van der Waals surface area contributed by atoms with Crippen LogP contribution in [0.4, 0.5) is 8.78 Å². The molecule has 1 unspecified atom stereocenters. The molecule has 0 spiro atoms. The molecule has 0 saturated heterocycles. The molecule has 1 atom stereocenters. The molecule has 0 heterocycles. The van der Waals surface area contributed by atoms with Crippen LogP contribution in [0.25, 0.3) is 0 Å². The van der Waals surface area contributed by atoms with E-state index in [0.717, 1.165) is 19.2 Å². The third-order valence-electron chi connectivity index (χ3n) is 2.62. The Morgan fingerprint density at radius 2 is 1.95 bits per heavy atom. The van der Waals surface area contributed by atoms with E-state index in [9.17, 15) is 18.4 Å². The van der Waals surface area contributed by atoms with E-state index in [1.54, 1.807) is 6.92 Å². The fraction of sp³-hybridized carbons (Fsp3) is 0.385. The van der Waals surface area contributed by atoms with Crippen LogP contribution in [0.15, 0.2) is 12.1 Å². The maximum absolute atomic E-state index is 13.6. The largest absolute Gasteiger partial charge is 0.493 e. The number of hydrogen-bond donors (Lipinski definition) is 2. The lowest BCUT2D eigenvalue weighted by molar-refractivity contribution is -0.137. The molecule has 0 aromatic heterocycles. The number of carbonyl (C=O) groups is 2. The summed E-state index contributed by atoms with van der Waals surface area (Å²) in [6.45, 7) is 1.65. The average molecular weight is 287 g/mol. The summed E-state index contributed by atoms with van der Waals surface area (Å²) >= 11 is 0. The number of halogens is 2. The van der Waals surface area contributed by atoms with Crippen molar-refractivity contribution in [3.05, 3.63) is 29.3 Å². The zero-order valence-corrected chi connectivity index (χ0v) is 11.1. The van der Waals surface area contributed by atoms with Crippen LogP contribution in [0.1, 0.15) is 23.7 Å². The van der Waals surface area contributed by atoms with Gasteiger partial charge in [0.2, 0.25) is 0 Å². The zero-order valence-electron chi connectivity index (χ0n) is 11.1. The Labute approximate surface area is 114 Å². The van der Waals surface area contributed by atoms with Gasteiger partial charge in [0, 0.05) is 13.0 Å². The first-order chi connectivity index (χ1) is 9.36. The number of carboxylic acids is 1. The van der Waals surface area contributed by atoms with Gasteiger partial charge in [-0.1, -0.05) is 6.92 Å². The second kappa shape index (κ2) is 6.83. The number of amides is 1. The van der Waals surface area contributed by atoms with E-state index in [2.05, 4.69) is 10.1 Å². The second-order valence-electron chi connectivity index (χ2n) is 4.35. The van der Waals surface area contributed by atoms with Crippen LogP contribution in [0.2, 0.25) is 0 Å². The maximum atomic E-state index is 13.6. The normalized spacial score (nSPS) is 11.8. The van der Waals surface area contributed by atoms with Crippen molar-refractivity contribution in [3.8, 4) is 5.75 Å². The van der Waals surface area contributed by atoms with Crippen LogP contribution in [0.5, 0.6) is 5.75 Å². The minimum atomic E-state index is -0.999. The molecule has 5 nitrogen and oxygen atoms in total. The summed E-state index contributed by atoms with van der Waals surface area (Å²) in [6.07, 6.45) is -0.136. The molecule has 0 fully saturated rings. The van der Waals surface area contributed by atoms with E-state index in [4.69, 9.17) is 5.11 Å². The first kappa shape index (κ1) is 15.9. The smallest absolute Gasteiger partial charge is 0.303 e. The van der Waals surface area contributed by atoms with Crippen molar-refractivity contribution in [1.29, 1.82) is 0 Å². The molecule has 110 valence electrons. The van der Waals surface area contributed by atoms with Gasteiger partial charge in [0.25, 0.3) is 5.91 Å². The van der Waals surface area contributed by atoms with Gasteiger partial charge in [0.1, 0.15) is 11.4 Å². The van der Waals surface area contributed by atoms with E-state index in [-0.39, 0.29) is 18.9 Å². The molecule has 0 bridgehead atoms. The first-order valence-electron chi connectivity index (χ1n) is 5.88. The number of carboxylic acid groups (broad SMARTS) is 1. The van der Waals surface area contributed by atoms with Crippen LogP contribution in [-0.2, 0) is 4.79 Å². The van der Waals surface area contributed by atoms with Crippen LogP contribution in [-0.4, -0.2) is 30.6 Å². The molecule has 1 aromatic carbocycles. The first-order valence-corrected chi connectivity index (χ1v) is 5.88. The van der Waals surface area contributed by atoms with E-state index < -0.39 is 34.8 Å². The SMILES string of the molecule is COc1c(F)ccc(F)c1C(=O)NCC(C)CC(=O)O. The molecular weight excluding hydrogens is 272 g/mol. The minimum absolute atomic E-state index is 0.0320. The molecule has 1 amide bonds. The topological polar surface area (TPSA) is 75.6 Å². The number of methoxy groups -OCH3 is 1. The van der Waals surface area contributed by atoms with Crippen molar-refractivity contribution in [2.75, 3.05) is 13.7 Å². The molecule has 2 N–H and O–H groups in total. The van der Waals surface area contributed by atoms with Gasteiger partial charge >= 0.3 is 5.97 Å². The molecule has 1 rings (SSSR count). The standard InChI is InChI=1S/C13H15F2NO4/c1-7(5-10(17)18)6-16-13(19)11-8(14)3-4-9(15)12(11)20-2/h3-4,7H,5-6H2,1-2H3,(H,16,19)(H,17,18). The lowest BCUT2D eigenvalue weighted by Crippen LogP contribution is -2.30. The maximum Gasteiger partial charge on any atom is 0.303 e. The molecule has 20 heavy (non-hydrogen) atoms.